The molecule has 0 unspecified atom stereocenters. The maximum atomic E-state index is 10.7. The Bertz CT molecular complexity index is 305. The summed E-state index contributed by atoms with van der Waals surface area (Å²) in [5, 5.41) is 0. The zero-order valence-corrected chi connectivity index (χ0v) is 8.42. The molecule has 1 amide bonds. The van der Waals surface area contributed by atoms with E-state index in [4.69, 9.17) is 5.73 Å². The normalized spacial score (nSPS) is 10.1. The Morgan fingerprint density at radius 2 is 2.27 bits per heavy atom. The van der Waals surface area contributed by atoms with Crippen molar-refractivity contribution < 1.29 is 4.79 Å². The van der Waals surface area contributed by atoms with E-state index in [0.29, 0.717) is 5.82 Å². The summed E-state index contributed by atoms with van der Waals surface area (Å²) in [7, 11) is 1.77. The van der Waals surface area contributed by atoms with E-state index in [1.807, 2.05) is 6.92 Å². The largest absolute Gasteiger partial charge is 0.363 e. The Morgan fingerprint density at radius 3 is 2.45 bits per heavy atom. The molecule has 0 atom stereocenters. The number of aromatic nitrogens is 2. The topological polar surface area (TPSA) is 60.9 Å². The maximum Gasteiger partial charge on any atom is 0.284 e. The van der Waals surface area contributed by atoms with Crippen LogP contribution in [-0.4, -0.2) is 15.5 Å². The van der Waals surface area contributed by atoms with E-state index >= 15 is 0 Å². The van der Waals surface area contributed by atoms with Crippen molar-refractivity contribution in [2.75, 3.05) is 0 Å². The summed E-state index contributed by atoms with van der Waals surface area (Å²) in [5.41, 5.74) is 5.91. The number of carbonyl (C=O) groups excluding carboxylic acids is 1. The van der Waals surface area contributed by atoms with E-state index < -0.39 is 5.91 Å². The van der Waals surface area contributed by atoms with Gasteiger partial charge in [0.25, 0.3) is 5.91 Å². The zero-order chi connectivity index (χ0) is 8.59. The van der Waals surface area contributed by atoms with Crippen LogP contribution in [0.5, 0.6) is 0 Å². The molecule has 0 aliphatic rings. The van der Waals surface area contributed by atoms with Gasteiger partial charge in [0.1, 0.15) is 3.70 Å². The number of primary amides is 1. The minimum Gasteiger partial charge on any atom is -0.363 e. The van der Waals surface area contributed by atoms with Crippen LogP contribution in [0, 0.1) is 10.6 Å². The molecule has 0 aliphatic heterocycles. The lowest BCUT2D eigenvalue weighted by molar-refractivity contribution is 0.0987. The number of nitrogens with two attached hydrogens (primary N) is 1. The Balaban J connectivity index is 3.29. The predicted molar refractivity (Wildman–Crippen MR) is 49.2 cm³/mol. The van der Waals surface area contributed by atoms with Crippen molar-refractivity contribution >= 4 is 28.5 Å². The zero-order valence-electron chi connectivity index (χ0n) is 6.26. The minimum absolute atomic E-state index is 0.312. The second-order valence-corrected chi connectivity index (χ2v) is 3.26. The second-order valence-electron chi connectivity index (χ2n) is 2.23. The lowest BCUT2D eigenvalue weighted by atomic mass is 10.6. The monoisotopic (exact) mass is 265 g/mol. The van der Waals surface area contributed by atoms with Crippen LogP contribution in [-0.2, 0) is 7.05 Å². The van der Waals surface area contributed by atoms with Crippen molar-refractivity contribution in [2.45, 2.75) is 6.92 Å². The average molecular weight is 265 g/mol. The van der Waals surface area contributed by atoms with E-state index in [2.05, 4.69) is 27.6 Å². The van der Waals surface area contributed by atoms with Crippen molar-refractivity contribution in [2.24, 2.45) is 12.8 Å². The molecule has 0 fully saturated rings. The van der Waals surface area contributed by atoms with Crippen LogP contribution in [0.1, 0.15) is 16.3 Å². The summed E-state index contributed by atoms with van der Waals surface area (Å²) in [6.07, 6.45) is 0. The van der Waals surface area contributed by atoms with Gasteiger partial charge in [-0.2, -0.15) is 0 Å². The van der Waals surface area contributed by atoms with Crippen LogP contribution in [0.25, 0.3) is 0 Å². The predicted octanol–water partition coefficient (Wildman–Crippen LogP) is 0.432. The first-order valence-electron chi connectivity index (χ1n) is 3.02. The molecule has 11 heavy (non-hydrogen) atoms. The highest BCUT2D eigenvalue weighted by atomic mass is 127. The van der Waals surface area contributed by atoms with Gasteiger partial charge in [-0.1, -0.05) is 0 Å². The molecule has 1 heterocycles. The summed E-state index contributed by atoms with van der Waals surface area (Å²) in [5.74, 6) is -0.176. The van der Waals surface area contributed by atoms with Gasteiger partial charge in [0.15, 0.2) is 5.82 Å². The number of carbonyl (C=O) groups is 1. The first-order chi connectivity index (χ1) is 5.04. The number of halogens is 1. The molecule has 2 N–H and O–H groups in total. The molecule has 0 radical (unpaired) electrons. The Labute approximate surface area is 77.9 Å². The number of nitrogens with zero attached hydrogens (tertiary/aromatic N) is 2. The highest BCUT2D eigenvalue weighted by Crippen LogP contribution is 2.10. The van der Waals surface area contributed by atoms with Gasteiger partial charge in [-0.25, -0.2) is 4.98 Å². The Morgan fingerprint density at radius 1 is 1.73 bits per heavy atom. The third-order valence-corrected chi connectivity index (χ3v) is 2.91. The van der Waals surface area contributed by atoms with Gasteiger partial charge in [-0.15, -0.1) is 0 Å². The van der Waals surface area contributed by atoms with Gasteiger partial charge in [0.2, 0.25) is 0 Å². The third-order valence-electron chi connectivity index (χ3n) is 1.40. The van der Waals surface area contributed by atoms with E-state index in [0.717, 1.165) is 9.39 Å². The van der Waals surface area contributed by atoms with Crippen molar-refractivity contribution in [3.05, 3.63) is 15.2 Å². The molecule has 0 aliphatic carbocycles. The third kappa shape index (κ3) is 1.37. The van der Waals surface area contributed by atoms with Crippen molar-refractivity contribution in [1.82, 2.24) is 9.55 Å². The van der Waals surface area contributed by atoms with E-state index in [1.165, 1.54) is 0 Å². The molecule has 0 spiro atoms. The van der Waals surface area contributed by atoms with Crippen LogP contribution in [0.3, 0.4) is 0 Å². The van der Waals surface area contributed by atoms with Crippen LogP contribution in [0.2, 0.25) is 0 Å². The SMILES string of the molecule is Cc1nc(C(N)=O)n(C)c1I. The average Bonchev–Trinajstić information content (AvgIpc) is 2.17. The molecule has 1 aromatic rings. The standard InChI is InChI=1S/C6H8IN3O/c1-3-4(7)10(2)6(9-3)5(8)11/h1-2H3,(H2,8,11). The molecule has 4 nitrogen and oxygen atoms in total. The lowest BCUT2D eigenvalue weighted by Crippen LogP contribution is -2.16. The molecular weight excluding hydrogens is 257 g/mol. The first-order valence-corrected chi connectivity index (χ1v) is 4.10. The van der Waals surface area contributed by atoms with Gasteiger partial charge >= 0.3 is 0 Å². The molecule has 60 valence electrons. The highest BCUT2D eigenvalue weighted by molar-refractivity contribution is 14.1. The molecule has 0 bridgehead atoms. The van der Waals surface area contributed by atoms with Gasteiger partial charge < -0.3 is 10.3 Å². The fourth-order valence-electron chi connectivity index (χ4n) is 0.836. The second kappa shape index (κ2) is 2.80. The Kier molecular flexibility index (Phi) is 2.17. The van der Waals surface area contributed by atoms with Crippen molar-refractivity contribution in [3.8, 4) is 0 Å². The van der Waals surface area contributed by atoms with Gasteiger partial charge in [0, 0.05) is 7.05 Å². The van der Waals surface area contributed by atoms with Gasteiger partial charge in [-0.3, -0.25) is 4.79 Å². The number of hydrogen-bond donors (Lipinski definition) is 1. The molecule has 1 aromatic heterocycles. The Hall–Kier alpha value is -0.590. The molecule has 0 saturated heterocycles. The van der Waals surface area contributed by atoms with E-state index in [9.17, 15) is 4.79 Å². The molecule has 5 heteroatoms. The summed E-state index contributed by atoms with van der Waals surface area (Å²) < 4.78 is 2.62. The lowest BCUT2D eigenvalue weighted by Gasteiger charge is -1.95. The minimum atomic E-state index is -0.487. The smallest absolute Gasteiger partial charge is 0.284 e. The number of imidazole rings is 1. The van der Waals surface area contributed by atoms with E-state index in [-0.39, 0.29) is 0 Å². The van der Waals surface area contributed by atoms with Crippen LogP contribution < -0.4 is 5.73 Å². The number of rotatable bonds is 1. The van der Waals surface area contributed by atoms with E-state index in [1.54, 1.807) is 11.6 Å². The quantitative estimate of drug-likeness (QED) is 0.748. The molecular formula is C6H8IN3O. The number of aryl methyl sites for hydroxylation is 1. The molecule has 1 rings (SSSR count). The van der Waals surface area contributed by atoms with Crippen LogP contribution in [0.15, 0.2) is 0 Å². The summed E-state index contributed by atoms with van der Waals surface area (Å²) in [6.45, 7) is 1.84. The van der Waals surface area contributed by atoms with Crippen LogP contribution in [0.4, 0.5) is 0 Å². The fourth-order valence-corrected chi connectivity index (χ4v) is 1.19. The van der Waals surface area contributed by atoms with Crippen molar-refractivity contribution in [3.63, 3.8) is 0 Å². The molecule has 0 aromatic carbocycles. The maximum absolute atomic E-state index is 10.7. The summed E-state index contributed by atoms with van der Waals surface area (Å²) >= 11 is 2.12. The fraction of sp³-hybridized carbons (Fsp3) is 0.333. The highest BCUT2D eigenvalue weighted by Gasteiger charge is 2.12. The number of hydrogen-bond acceptors (Lipinski definition) is 2. The van der Waals surface area contributed by atoms with Gasteiger partial charge in [0.05, 0.1) is 5.69 Å². The van der Waals surface area contributed by atoms with Crippen molar-refractivity contribution in [1.29, 1.82) is 0 Å². The first kappa shape index (κ1) is 8.51. The summed E-state index contributed by atoms with van der Waals surface area (Å²) in [4.78, 5) is 14.7. The van der Waals surface area contributed by atoms with Gasteiger partial charge in [-0.05, 0) is 29.5 Å². The van der Waals surface area contributed by atoms with Crippen LogP contribution >= 0.6 is 22.6 Å². The summed E-state index contributed by atoms with van der Waals surface area (Å²) in [6, 6.07) is 0. The molecule has 0 saturated carbocycles. The number of amides is 1.